The second-order valence-corrected chi connectivity index (χ2v) is 8.07. The molecule has 0 aliphatic heterocycles. The molecule has 0 radical (unpaired) electrons. The highest BCUT2D eigenvalue weighted by Crippen LogP contribution is 2.31. The fourth-order valence-electron chi connectivity index (χ4n) is 3.99. The molecule has 2 aromatic carbocycles. The van der Waals surface area contributed by atoms with Gasteiger partial charge >= 0.3 is 0 Å². The van der Waals surface area contributed by atoms with Crippen molar-refractivity contribution >= 4 is 0 Å². The van der Waals surface area contributed by atoms with Crippen molar-refractivity contribution in [3.63, 3.8) is 0 Å². The van der Waals surface area contributed by atoms with Crippen molar-refractivity contribution in [2.24, 2.45) is 11.8 Å². The fourth-order valence-corrected chi connectivity index (χ4v) is 3.99. The molecular formula is C30H40O. The molecule has 31 heavy (non-hydrogen) atoms. The Labute approximate surface area is 190 Å². The summed E-state index contributed by atoms with van der Waals surface area (Å²) in [7, 11) is 1.00. The van der Waals surface area contributed by atoms with Gasteiger partial charge in [0.05, 0.1) is 0 Å². The van der Waals surface area contributed by atoms with Crippen molar-refractivity contribution in [1.29, 1.82) is 0 Å². The van der Waals surface area contributed by atoms with E-state index < -0.39 is 0 Å². The van der Waals surface area contributed by atoms with Gasteiger partial charge in [-0.25, -0.2) is 0 Å². The molecule has 0 saturated heterocycles. The highest BCUT2D eigenvalue weighted by Gasteiger charge is 2.18. The Morgan fingerprint density at radius 2 is 1.58 bits per heavy atom. The molecule has 0 bridgehead atoms. The molecule has 1 unspecified atom stereocenters. The maximum atomic E-state index is 7.00. The highest BCUT2D eigenvalue weighted by molar-refractivity contribution is 5.32. The van der Waals surface area contributed by atoms with Crippen LogP contribution in [-0.4, -0.2) is 12.2 Å². The minimum Gasteiger partial charge on any atom is -0.400 e. The first kappa shape index (κ1) is 26.4. The third-order valence-electron chi connectivity index (χ3n) is 5.47. The standard InChI is InChI=1S/C20H26.C9H10.CH4O/c1-5-20-16(3)13-19(14-17(20)4)11-7-10-18-9-6-8-15(2)12-18;1-2-6-9-7-4-3-5-8-9;1-2/h5-6,8-9,12-14,16,20H,1,7,10-11H2,2-4H3;2-5,7-8H,1,6H2;2H,1H3/t16?,20-;;/m0../s1. The zero-order valence-corrected chi connectivity index (χ0v) is 19.9. The van der Waals surface area contributed by atoms with E-state index in [2.05, 4.69) is 88.6 Å². The maximum Gasteiger partial charge on any atom is 0.0319 e. The van der Waals surface area contributed by atoms with Gasteiger partial charge < -0.3 is 5.11 Å². The topological polar surface area (TPSA) is 20.2 Å². The average molecular weight is 417 g/mol. The van der Waals surface area contributed by atoms with Gasteiger partial charge in [-0.15, -0.1) is 13.2 Å². The Morgan fingerprint density at radius 1 is 0.903 bits per heavy atom. The number of aryl methyl sites for hydroxylation is 2. The van der Waals surface area contributed by atoms with Crippen LogP contribution < -0.4 is 0 Å². The molecule has 1 heteroatoms. The van der Waals surface area contributed by atoms with Gasteiger partial charge in [0.25, 0.3) is 0 Å². The molecule has 1 N–H and O–H groups in total. The van der Waals surface area contributed by atoms with Crippen LogP contribution in [0.5, 0.6) is 0 Å². The molecule has 1 aliphatic carbocycles. The van der Waals surface area contributed by atoms with Crippen molar-refractivity contribution in [2.45, 2.75) is 46.5 Å². The van der Waals surface area contributed by atoms with Crippen molar-refractivity contribution in [1.82, 2.24) is 0 Å². The number of hydrogen-bond acceptors (Lipinski definition) is 1. The van der Waals surface area contributed by atoms with Crippen LogP contribution in [0, 0.1) is 18.8 Å². The number of benzene rings is 2. The van der Waals surface area contributed by atoms with E-state index in [0.717, 1.165) is 13.5 Å². The van der Waals surface area contributed by atoms with E-state index in [1.807, 2.05) is 24.3 Å². The monoisotopic (exact) mass is 416 g/mol. The van der Waals surface area contributed by atoms with Crippen LogP contribution in [0.25, 0.3) is 0 Å². The van der Waals surface area contributed by atoms with Gasteiger partial charge in [-0.2, -0.15) is 0 Å². The summed E-state index contributed by atoms with van der Waals surface area (Å²) in [6.07, 6.45) is 13.3. The van der Waals surface area contributed by atoms with Crippen molar-refractivity contribution in [3.8, 4) is 0 Å². The average Bonchev–Trinajstić information content (AvgIpc) is 2.77. The van der Waals surface area contributed by atoms with E-state index >= 15 is 0 Å². The largest absolute Gasteiger partial charge is 0.400 e. The summed E-state index contributed by atoms with van der Waals surface area (Å²) in [5.74, 6) is 1.11. The van der Waals surface area contributed by atoms with E-state index in [4.69, 9.17) is 5.11 Å². The lowest BCUT2D eigenvalue weighted by Gasteiger charge is -2.24. The Morgan fingerprint density at radius 3 is 2.16 bits per heavy atom. The summed E-state index contributed by atoms with van der Waals surface area (Å²) in [5, 5.41) is 7.00. The fraction of sp³-hybridized carbons (Fsp3) is 0.333. The minimum absolute atomic E-state index is 0.524. The Bertz CT molecular complexity index is 842. The summed E-state index contributed by atoms with van der Waals surface area (Å²) in [5.41, 5.74) is 7.10. The van der Waals surface area contributed by atoms with Gasteiger partial charge in [-0.05, 0) is 56.6 Å². The lowest BCUT2D eigenvalue weighted by Crippen LogP contribution is -2.12. The molecule has 0 fully saturated rings. The summed E-state index contributed by atoms with van der Waals surface area (Å²) >= 11 is 0. The van der Waals surface area contributed by atoms with E-state index in [1.54, 1.807) is 0 Å². The summed E-state index contributed by atoms with van der Waals surface area (Å²) in [6.45, 7) is 14.3. The van der Waals surface area contributed by atoms with E-state index in [-0.39, 0.29) is 0 Å². The summed E-state index contributed by atoms with van der Waals surface area (Å²) in [4.78, 5) is 0. The maximum absolute atomic E-state index is 7.00. The van der Waals surface area contributed by atoms with Crippen LogP contribution in [0.3, 0.4) is 0 Å². The first-order valence-electron chi connectivity index (χ1n) is 11.2. The normalized spacial score (nSPS) is 17.1. The van der Waals surface area contributed by atoms with Crippen LogP contribution in [0.15, 0.2) is 103 Å². The Kier molecular flexibility index (Phi) is 12.9. The lowest BCUT2D eigenvalue weighted by molar-refractivity contribution is 0.399. The third kappa shape index (κ3) is 9.81. The molecule has 2 atom stereocenters. The number of rotatable bonds is 7. The van der Waals surface area contributed by atoms with Gasteiger partial charge in [0, 0.05) is 13.0 Å². The van der Waals surface area contributed by atoms with Gasteiger partial charge in [-0.3, -0.25) is 0 Å². The van der Waals surface area contributed by atoms with Gasteiger partial charge in [-0.1, -0.05) is 103 Å². The number of aliphatic hydroxyl groups is 1. The van der Waals surface area contributed by atoms with Gasteiger partial charge in [0.15, 0.2) is 0 Å². The summed E-state index contributed by atoms with van der Waals surface area (Å²) < 4.78 is 0. The van der Waals surface area contributed by atoms with E-state index in [1.165, 1.54) is 47.1 Å². The zero-order valence-electron chi connectivity index (χ0n) is 19.9. The molecule has 166 valence electrons. The Hall–Kier alpha value is -2.64. The van der Waals surface area contributed by atoms with Crippen LogP contribution in [0.4, 0.5) is 0 Å². The molecule has 0 heterocycles. The minimum atomic E-state index is 0.524. The first-order chi connectivity index (χ1) is 15.0. The zero-order chi connectivity index (χ0) is 23.1. The van der Waals surface area contributed by atoms with E-state index in [0.29, 0.717) is 11.8 Å². The van der Waals surface area contributed by atoms with Crippen LogP contribution in [0.2, 0.25) is 0 Å². The molecule has 0 amide bonds. The van der Waals surface area contributed by atoms with Crippen LogP contribution in [0.1, 0.15) is 43.4 Å². The van der Waals surface area contributed by atoms with Crippen molar-refractivity contribution in [3.05, 3.63) is 120 Å². The molecule has 1 aliphatic rings. The van der Waals surface area contributed by atoms with Crippen molar-refractivity contribution < 1.29 is 5.11 Å². The number of hydrogen-bond donors (Lipinski definition) is 1. The smallest absolute Gasteiger partial charge is 0.0319 e. The third-order valence-corrected chi connectivity index (χ3v) is 5.47. The predicted octanol–water partition coefficient (Wildman–Crippen LogP) is 7.67. The SMILES string of the molecule is C=CCc1ccccc1.C=C[C@@H]1C(C)=CC(CCCc2cccc(C)c2)=CC1C.CO. The van der Waals surface area contributed by atoms with E-state index in [9.17, 15) is 0 Å². The molecule has 0 aromatic heterocycles. The molecule has 1 nitrogen and oxygen atoms in total. The molecule has 0 spiro atoms. The number of allylic oxidation sites excluding steroid dienone is 6. The van der Waals surface area contributed by atoms with Gasteiger partial charge in [0.1, 0.15) is 0 Å². The summed E-state index contributed by atoms with van der Waals surface area (Å²) in [6, 6.07) is 19.2. The lowest BCUT2D eigenvalue weighted by atomic mass is 9.80. The van der Waals surface area contributed by atoms with Crippen LogP contribution in [-0.2, 0) is 12.8 Å². The Balaban J connectivity index is 0.000000365. The quantitative estimate of drug-likeness (QED) is 0.459. The second kappa shape index (κ2) is 15.2. The molecular weight excluding hydrogens is 376 g/mol. The first-order valence-corrected chi connectivity index (χ1v) is 11.2. The van der Waals surface area contributed by atoms with Gasteiger partial charge in [0.2, 0.25) is 0 Å². The molecule has 0 saturated carbocycles. The predicted molar refractivity (Wildman–Crippen MR) is 137 cm³/mol. The second-order valence-electron chi connectivity index (χ2n) is 8.07. The van der Waals surface area contributed by atoms with Crippen LogP contribution >= 0.6 is 0 Å². The molecule has 2 aromatic rings. The molecule has 3 rings (SSSR count). The van der Waals surface area contributed by atoms with Crippen molar-refractivity contribution in [2.75, 3.05) is 7.11 Å². The number of aliphatic hydroxyl groups excluding tert-OH is 1. The highest BCUT2D eigenvalue weighted by atomic mass is 16.2.